The van der Waals surface area contributed by atoms with E-state index in [1.165, 1.54) is 11.1 Å². The summed E-state index contributed by atoms with van der Waals surface area (Å²) in [4.78, 5) is 0. The van der Waals surface area contributed by atoms with Crippen LogP contribution in [0.1, 0.15) is 73.4 Å². The van der Waals surface area contributed by atoms with Crippen LogP contribution in [0.5, 0.6) is 0 Å². The zero-order chi connectivity index (χ0) is 26.4. The molecular weight excluding hydrogens is 575 g/mol. The summed E-state index contributed by atoms with van der Waals surface area (Å²) in [6.45, 7) is 6.18. The van der Waals surface area contributed by atoms with Gasteiger partial charge in [-0.25, -0.2) is 0 Å². The number of quaternary nitrogens is 1. The van der Waals surface area contributed by atoms with E-state index < -0.39 is 0 Å². The van der Waals surface area contributed by atoms with E-state index in [0.29, 0.717) is 13.1 Å². The smallest absolute Gasteiger partial charge is 0.100 e. The first-order valence-electron chi connectivity index (χ1n) is 11.6. The Labute approximate surface area is 246 Å². The normalized spacial score (nSPS) is 11.5. The van der Waals surface area contributed by atoms with E-state index in [9.17, 15) is 0 Å². The highest BCUT2D eigenvalue weighted by Crippen LogP contribution is 2.12. The van der Waals surface area contributed by atoms with Gasteiger partial charge in [-0.2, -0.15) is 0 Å². The summed E-state index contributed by atoms with van der Waals surface area (Å²) in [5.74, 6) is 0. The zero-order valence-electron chi connectivity index (χ0n) is 20.8. The monoisotopic (exact) mass is 629 g/mol. The Morgan fingerprint density at radius 1 is 0.730 bits per heavy atom. The highest BCUT2D eigenvalue weighted by atomic mass is 79.9. The van der Waals surface area contributed by atoms with Crippen LogP contribution in [0.2, 0.25) is 10.0 Å². The minimum Gasteiger partial charge on any atom is -0.393 e. The highest BCUT2D eigenvalue weighted by molar-refractivity contribution is 9.09. The molecule has 0 spiro atoms. The van der Waals surface area contributed by atoms with Crippen LogP contribution >= 0.6 is 39.1 Å². The average molecular weight is 632 g/mol. The average Bonchev–Trinajstić information content (AvgIpc) is 2.80. The van der Waals surface area contributed by atoms with Crippen LogP contribution in [-0.2, 0) is 12.8 Å². The molecule has 2 rings (SSSR count). The molecule has 0 saturated heterocycles. The fourth-order valence-electron chi connectivity index (χ4n) is 2.18. The molecule has 8 N–H and O–H groups in total. The molecule has 3 unspecified atom stereocenters. The van der Waals surface area contributed by atoms with E-state index in [-0.39, 0.29) is 40.6 Å². The molecule has 37 heavy (non-hydrogen) atoms. The summed E-state index contributed by atoms with van der Waals surface area (Å²) in [7, 11) is 0. The number of nitrogens with two attached hydrogens (primary N) is 1. The van der Waals surface area contributed by atoms with Crippen LogP contribution in [0.15, 0.2) is 48.5 Å². The van der Waals surface area contributed by atoms with Crippen molar-refractivity contribution in [3.05, 3.63) is 69.7 Å². The third-order valence-electron chi connectivity index (χ3n) is 4.31. The van der Waals surface area contributed by atoms with E-state index in [2.05, 4.69) is 33.8 Å². The Balaban J connectivity index is -0.000000131. The molecule has 0 amide bonds. The maximum absolute atomic E-state index is 9.07. The van der Waals surface area contributed by atoms with E-state index in [0.717, 1.165) is 47.5 Å². The number of aryl methyl sites for hydroxylation is 2. The Kier molecular flexibility index (Phi) is 39.3. The van der Waals surface area contributed by atoms with Crippen molar-refractivity contribution >= 4 is 39.1 Å². The molecule has 0 aliphatic rings. The van der Waals surface area contributed by atoms with Crippen molar-refractivity contribution in [2.75, 3.05) is 18.4 Å². The Bertz CT molecular complexity index is 679. The van der Waals surface area contributed by atoms with Crippen LogP contribution in [0.25, 0.3) is 0 Å². The second kappa shape index (κ2) is 31.5. The molecule has 2 aromatic carbocycles. The van der Waals surface area contributed by atoms with Gasteiger partial charge in [-0.1, -0.05) is 92.1 Å². The number of alkyl halides is 1. The number of rotatable bonds is 9. The van der Waals surface area contributed by atoms with Gasteiger partial charge in [0.2, 0.25) is 0 Å². The molecule has 0 bridgehead atoms. The second-order valence-electron chi connectivity index (χ2n) is 8.01. The van der Waals surface area contributed by atoms with Gasteiger partial charge in [-0.15, -0.1) is 0 Å². The molecule has 5 nitrogen and oxygen atoms in total. The molecule has 3 atom stereocenters. The number of hydrogen-bond acceptors (Lipinski definition) is 4. The van der Waals surface area contributed by atoms with Gasteiger partial charge in [-0.3, -0.25) is 0 Å². The largest absolute Gasteiger partial charge is 0.393 e. The lowest BCUT2D eigenvalue weighted by Gasteiger charge is -2.04. The first kappa shape index (κ1) is 46.2. The first-order chi connectivity index (χ1) is 16.0. The lowest BCUT2D eigenvalue weighted by Crippen LogP contribution is -2.54. The van der Waals surface area contributed by atoms with Crippen molar-refractivity contribution in [1.82, 2.24) is 0 Å². The number of aliphatic hydroxyl groups is 3. The zero-order valence-corrected chi connectivity index (χ0v) is 23.9. The van der Waals surface area contributed by atoms with Gasteiger partial charge < -0.3 is 26.8 Å². The van der Waals surface area contributed by atoms with Gasteiger partial charge in [-0.05, 0) is 81.8 Å². The Morgan fingerprint density at radius 3 is 1.35 bits per heavy atom. The standard InChI is InChI=1S/C12H17ClO.C8H8BrCl.2C3H9NO.3CH4/c1-10(14)4-2-3-5-11-6-8-12(13)9-7-11;9-6-5-7-1-3-8(10)4-2-7;2*1-3(5)2-4;;;/h6-10,14H,2-5H2,1H3;1-4H,5-6H2;2*3,5H,2,4H2,1H3;3*1H4/p+1. The van der Waals surface area contributed by atoms with Gasteiger partial charge in [0.25, 0.3) is 0 Å². The first-order valence-corrected chi connectivity index (χ1v) is 13.5. The number of hydrogen-bond donors (Lipinski definition) is 5. The van der Waals surface area contributed by atoms with Crippen LogP contribution in [-0.4, -0.2) is 52.1 Å². The van der Waals surface area contributed by atoms with E-state index in [1.807, 2.05) is 43.3 Å². The number of halogens is 3. The molecule has 0 aromatic heterocycles. The van der Waals surface area contributed by atoms with Crippen molar-refractivity contribution in [3.8, 4) is 0 Å². The van der Waals surface area contributed by atoms with Crippen LogP contribution in [0, 0.1) is 0 Å². The van der Waals surface area contributed by atoms with E-state index in [4.69, 9.17) is 44.3 Å². The maximum Gasteiger partial charge on any atom is 0.100 e. The Morgan fingerprint density at radius 2 is 1.08 bits per heavy atom. The lowest BCUT2D eigenvalue weighted by atomic mass is 10.1. The number of unbranched alkanes of at least 4 members (excludes halogenated alkanes) is 1. The maximum atomic E-state index is 9.07. The van der Waals surface area contributed by atoms with Gasteiger partial charge in [0.1, 0.15) is 6.54 Å². The molecule has 0 aliphatic carbocycles. The van der Waals surface area contributed by atoms with E-state index >= 15 is 0 Å². The summed E-state index contributed by atoms with van der Waals surface area (Å²) in [6.07, 6.45) is 4.52. The molecule has 2 aromatic rings. The minimum atomic E-state index is -0.338. The fourth-order valence-corrected chi connectivity index (χ4v) is 2.89. The Hall–Kier alpha value is -0.700. The van der Waals surface area contributed by atoms with Crippen molar-refractivity contribution in [2.24, 2.45) is 5.73 Å². The van der Waals surface area contributed by atoms with Crippen molar-refractivity contribution in [1.29, 1.82) is 0 Å². The molecule has 8 heteroatoms. The highest BCUT2D eigenvalue weighted by Gasteiger charge is 1.97. The van der Waals surface area contributed by atoms with E-state index in [1.54, 1.807) is 13.8 Å². The topological polar surface area (TPSA) is 114 Å². The predicted molar refractivity (Wildman–Crippen MR) is 170 cm³/mol. The summed E-state index contributed by atoms with van der Waals surface area (Å²) in [5.41, 5.74) is 11.0. The van der Waals surface area contributed by atoms with Gasteiger partial charge in [0, 0.05) is 21.9 Å². The third kappa shape index (κ3) is 35.3. The molecule has 220 valence electrons. The SMILES string of the molecule is C.C.C.CC(O)CCCCc1ccc(Cl)cc1.CC(O)CN.CC(O)C[NH3+].Clc1ccc(CCBr)cc1. The molecular formula is C29H56BrCl2N2O3+. The van der Waals surface area contributed by atoms with Crippen molar-refractivity contribution in [3.63, 3.8) is 0 Å². The number of aliphatic hydroxyl groups excluding tert-OH is 3. The number of benzene rings is 2. The molecule has 0 aliphatic heterocycles. The summed E-state index contributed by atoms with van der Waals surface area (Å²) in [6, 6.07) is 15.9. The predicted octanol–water partition coefficient (Wildman–Crippen LogP) is 6.55. The van der Waals surface area contributed by atoms with Gasteiger partial charge in [0.05, 0.1) is 18.3 Å². The molecule has 0 heterocycles. The third-order valence-corrected chi connectivity index (χ3v) is 5.21. The minimum absolute atomic E-state index is 0. The quantitative estimate of drug-likeness (QED) is 0.160. The van der Waals surface area contributed by atoms with Crippen LogP contribution < -0.4 is 11.5 Å². The van der Waals surface area contributed by atoms with Crippen LogP contribution in [0.3, 0.4) is 0 Å². The molecule has 0 radical (unpaired) electrons. The summed E-state index contributed by atoms with van der Waals surface area (Å²) < 4.78 is 0. The second-order valence-corrected chi connectivity index (χ2v) is 9.68. The van der Waals surface area contributed by atoms with Crippen LogP contribution in [0.4, 0.5) is 0 Å². The van der Waals surface area contributed by atoms with Gasteiger partial charge in [0.15, 0.2) is 0 Å². The van der Waals surface area contributed by atoms with Gasteiger partial charge >= 0.3 is 0 Å². The van der Waals surface area contributed by atoms with Crippen molar-refractivity contribution in [2.45, 2.75) is 93.5 Å². The molecule has 0 saturated carbocycles. The summed E-state index contributed by atoms with van der Waals surface area (Å²) in [5, 5.41) is 28.2. The summed E-state index contributed by atoms with van der Waals surface area (Å²) >= 11 is 14.9. The molecule has 0 fully saturated rings. The lowest BCUT2D eigenvalue weighted by molar-refractivity contribution is -0.382. The van der Waals surface area contributed by atoms with Crippen molar-refractivity contribution < 1.29 is 21.1 Å². The fraction of sp³-hybridized carbons (Fsp3) is 0.586.